The van der Waals surface area contributed by atoms with Crippen LogP contribution in [0.5, 0.6) is 0 Å². The van der Waals surface area contributed by atoms with Crippen molar-refractivity contribution in [1.29, 1.82) is 0 Å². The van der Waals surface area contributed by atoms with Gasteiger partial charge in [-0.15, -0.1) is 0 Å². The Kier molecular flexibility index (Phi) is 4.06. The third-order valence-corrected chi connectivity index (χ3v) is 5.15. The molecular formula is C16H23N7O2. The standard InChI is InChI=1S/C16H23N7O2/c1-11-9-17-23(10-11)13-3-5-21(6-4-13)15(24)18-12-2-7-22-14(8-12)19-20-16(22)25/h9-10,12-13H,2-8H2,1H3,(H,18,24)(H,20,25). The Morgan fingerprint density at radius 1 is 1.28 bits per heavy atom. The monoisotopic (exact) mass is 345 g/mol. The lowest BCUT2D eigenvalue weighted by Crippen LogP contribution is -2.50. The van der Waals surface area contributed by atoms with Crippen LogP contribution in [0.1, 0.15) is 36.7 Å². The summed E-state index contributed by atoms with van der Waals surface area (Å²) < 4.78 is 3.66. The fourth-order valence-corrected chi connectivity index (χ4v) is 3.70. The average Bonchev–Trinajstić information content (AvgIpc) is 3.21. The van der Waals surface area contributed by atoms with Crippen LogP contribution in [0.4, 0.5) is 4.79 Å². The number of nitrogens with zero attached hydrogens (tertiary/aromatic N) is 5. The molecule has 0 spiro atoms. The molecule has 0 radical (unpaired) electrons. The summed E-state index contributed by atoms with van der Waals surface area (Å²) in [4.78, 5) is 25.9. The van der Waals surface area contributed by atoms with Crippen LogP contribution in [0.3, 0.4) is 0 Å². The molecule has 2 aliphatic rings. The molecule has 0 aliphatic carbocycles. The summed E-state index contributed by atoms with van der Waals surface area (Å²) in [5.74, 6) is 0.717. The van der Waals surface area contributed by atoms with Crippen molar-refractivity contribution in [2.75, 3.05) is 13.1 Å². The number of likely N-dealkylation sites (tertiary alicyclic amines) is 1. The first-order chi connectivity index (χ1) is 12.1. The van der Waals surface area contributed by atoms with Crippen molar-refractivity contribution in [3.63, 3.8) is 0 Å². The van der Waals surface area contributed by atoms with Crippen molar-refractivity contribution < 1.29 is 4.79 Å². The number of hydrogen-bond acceptors (Lipinski definition) is 4. The van der Waals surface area contributed by atoms with E-state index in [9.17, 15) is 9.59 Å². The van der Waals surface area contributed by atoms with E-state index in [0.717, 1.165) is 37.9 Å². The van der Waals surface area contributed by atoms with Gasteiger partial charge in [-0.1, -0.05) is 0 Å². The first-order valence-corrected chi connectivity index (χ1v) is 8.80. The topological polar surface area (TPSA) is 101 Å². The molecule has 25 heavy (non-hydrogen) atoms. The molecular weight excluding hydrogens is 322 g/mol. The molecule has 2 amide bonds. The summed E-state index contributed by atoms with van der Waals surface area (Å²) in [6.07, 6.45) is 7.10. The Bertz CT molecular complexity index is 813. The van der Waals surface area contributed by atoms with E-state index in [4.69, 9.17) is 0 Å². The van der Waals surface area contributed by atoms with E-state index in [-0.39, 0.29) is 17.8 Å². The second-order valence-corrected chi connectivity index (χ2v) is 6.95. The van der Waals surface area contributed by atoms with Crippen LogP contribution in [-0.2, 0) is 13.0 Å². The zero-order valence-electron chi connectivity index (χ0n) is 14.3. The van der Waals surface area contributed by atoms with Gasteiger partial charge in [-0.2, -0.15) is 10.2 Å². The number of piperidine rings is 1. The number of carbonyl (C=O) groups excluding carboxylic acids is 1. The molecule has 0 saturated carbocycles. The van der Waals surface area contributed by atoms with Crippen LogP contribution >= 0.6 is 0 Å². The van der Waals surface area contributed by atoms with Crippen molar-refractivity contribution in [3.05, 3.63) is 34.3 Å². The Balaban J connectivity index is 1.30. The van der Waals surface area contributed by atoms with Crippen molar-refractivity contribution in [2.24, 2.45) is 0 Å². The molecule has 0 bridgehead atoms. The number of aryl methyl sites for hydroxylation is 1. The van der Waals surface area contributed by atoms with Crippen molar-refractivity contribution >= 4 is 6.03 Å². The zero-order valence-corrected chi connectivity index (χ0v) is 14.3. The first-order valence-electron chi connectivity index (χ1n) is 8.80. The van der Waals surface area contributed by atoms with E-state index in [1.54, 1.807) is 4.57 Å². The smallest absolute Gasteiger partial charge is 0.335 e. The predicted molar refractivity (Wildman–Crippen MR) is 90.3 cm³/mol. The average molecular weight is 345 g/mol. The van der Waals surface area contributed by atoms with Gasteiger partial charge < -0.3 is 10.2 Å². The number of hydrogen-bond donors (Lipinski definition) is 2. The Morgan fingerprint density at radius 3 is 2.80 bits per heavy atom. The van der Waals surface area contributed by atoms with Crippen molar-refractivity contribution in [2.45, 2.75) is 51.2 Å². The molecule has 2 aliphatic heterocycles. The predicted octanol–water partition coefficient (Wildman–Crippen LogP) is 0.438. The largest absolute Gasteiger partial charge is 0.343 e. The number of urea groups is 1. The second-order valence-electron chi connectivity index (χ2n) is 6.95. The summed E-state index contributed by atoms with van der Waals surface area (Å²) in [5.41, 5.74) is 0.991. The van der Waals surface area contributed by atoms with E-state index in [2.05, 4.69) is 26.8 Å². The van der Waals surface area contributed by atoms with Gasteiger partial charge in [-0.05, 0) is 31.7 Å². The Labute approximate surface area is 145 Å². The molecule has 0 aromatic carbocycles. The molecule has 1 unspecified atom stereocenters. The first kappa shape index (κ1) is 15.9. The highest BCUT2D eigenvalue weighted by Crippen LogP contribution is 2.22. The third-order valence-electron chi connectivity index (χ3n) is 5.15. The van der Waals surface area contributed by atoms with Crippen molar-refractivity contribution in [1.82, 2.24) is 34.8 Å². The maximum atomic E-state index is 12.5. The number of aromatic nitrogens is 5. The van der Waals surface area contributed by atoms with Gasteiger partial charge in [0.05, 0.1) is 12.2 Å². The number of H-pyrrole nitrogens is 1. The highest BCUT2D eigenvalue weighted by atomic mass is 16.2. The number of aromatic amines is 1. The lowest BCUT2D eigenvalue weighted by molar-refractivity contribution is 0.163. The highest BCUT2D eigenvalue weighted by molar-refractivity contribution is 5.74. The second kappa shape index (κ2) is 6.38. The van der Waals surface area contributed by atoms with E-state index < -0.39 is 0 Å². The third kappa shape index (κ3) is 3.18. The van der Waals surface area contributed by atoms with Gasteiger partial charge in [0.15, 0.2) is 0 Å². The molecule has 2 aromatic rings. The minimum absolute atomic E-state index is 0.0218. The normalized spacial score (nSPS) is 21.2. The summed E-state index contributed by atoms with van der Waals surface area (Å²) >= 11 is 0. The van der Waals surface area contributed by atoms with E-state index in [1.165, 1.54) is 0 Å². The molecule has 134 valence electrons. The van der Waals surface area contributed by atoms with Gasteiger partial charge in [0.1, 0.15) is 5.82 Å². The maximum Gasteiger partial charge on any atom is 0.343 e. The molecule has 4 rings (SSSR count). The number of fused-ring (bicyclic) bond motifs is 1. The molecule has 9 heteroatoms. The van der Waals surface area contributed by atoms with Crippen molar-refractivity contribution in [3.8, 4) is 0 Å². The van der Waals surface area contributed by atoms with Gasteiger partial charge in [-0.3, -0.25) is 9.25 Å². The highest BCUT2D eigenvalue weighted by Gasteiger charge is 2.28. The molecule has 4 heterocycles. The van der Waals surface area contributed by atoms with Crippen LogP contribution in [-0.4, -0.2) is 54.6 Å². The Hall–Kier alpha value is -2.58. The minimum atomic E-state index is -0.171. The molecule has 9 nitrogen and oxygen atoms in total. The van der Waals surface area contributed by atoms with Gasteiger partial charge in [0.2, 0.25) is 0 Å². The van der Waals surface area contributed by atoms with Crippen LogP contribution in [0, 0.1) is 6.92 Å². The molecule has 2 N–H and O–H groups in total. The molecule has 1 fully saturated rings. The number of rotatable bonds is 2. The fourth-order valence-electron chi connectivity index (χ4n) is 3.70. The van der Waals surface area contributed by atoms with Gasteiger partial charge in [0, 0.05) is 38.3 Å². The SMILES string of the molecule is Cc1cnn(C2CCN(C(=O)NC3CCn4c(n[nH]c4=O)C3)CC2)c1. The van der Waals surface area contributed by atoms with Gasteiger partial charge in [-0.25, -0.2) is 14.7 Å². The van der Waals surface area contributed by atoms with Gasteiger partial charge in [0.25, 0.3) is 0 Å². The fraction of sp³-hybridized carbons (Fsp3) is 0.625. The lowest BCUT2D eigenvalue weighted by atomic mass is 10.0. The zero-order chi connectivity index (χ0) is 17.4. The summed E-state index contributed by atoms with van der Waals surface area (Å²) in [7, 11) is 0. The minimum Gasteiger partial charge on any atom is -0.335 e. The summed E-state index contributed by atoms with van der Waals surface area (Å²) in [6.45, 7) is 4.09. The number of carbonyl (C=O) groups is 1. The maximum absolute atomic E-state index is 12.5. The quantitative estimate of drug-likeness (QED) is 0.824. The number of amides is 2. The van der Waals surface area contributed by atoms with Gasteiger partial charge >= 0.3 is 11.7 Å². The molecule has 1 saturated heterocycles. The molecule has 2 aromatic heterocycles. The Morgan fingerprint density at radius 2 is 2.08 bits per heavy atom. The summed E-state index contributed by atoms with van der Waals surface area (Å²) in [6, 6.07) is 0.374. The van der Waals surface area contributed by atoms with E-state index in [1.807, 2.05) is 22.7 Å². The van der Waals surface area contributed by atoms with Crippen LogP contribution in [0.2, 0.25) is 0 Å². The molecule has 1 atom stereocenters. The van der Waals surface area contributed by atoms with Crippen LogP contribution < -0.4 is 11.0 Å². The number of nitrogens with one attached hydrogen (secondary N) is 2. The van der Waals surface area contributed by atoms with E-state index in [0.29, 0.717) is 24.8 Å². The van der Waals surface area contributed by atoms with Crippen LogP contribution in [0.15, 0.2) is 17.2 Å². The van der Waals surface area contributed by atoms with E-state index >= 15 is 0 Å². The lowest BCUT2D eigenvalue weighted by Gasteiger charge is -2.34. The van der Waals surface area contributed by atoms with Crippen LogP contribution in [0.25, 0.3) is 0 Å². The summed E-state index contributed by atoms with van der Waals surface area (Å²) in [5, 5.41) is 14.0.